The second kappa shape index (κ2) is 15.1. The third-order valence-electron chi connectivity index (χ3n) is 5.98. The minimum atomic E-state index is -3.43. The van der Waals surface area contributed by atoms with E-state index in [1.54, 1.807) is 27.7 Å². The Balaban J connectivity index is 1.78. The summed E-state index contributed by atoms with van der Waals surface area (Å²) in [5.41, 5.74) is 5.86. The lowest BCUT2D eigenvalue weighted by Gasteiger charge is -2.28. The van der Waals surface area contributed by atoms with Crippen molar-refractivity contribution in [3.05, 3.63) is 6.33 Å². The molecule has 0 radical (unpaired) electrons. The van der Waals surface area contributed by atoms with E-state index in [-0.39, 0.29) is 41.9 Å². The van der Waals surface area contributed by atoms with Gasteiger partial charge in [-0.3, -0.25) is 14.2 Å². The Kier molecular flexibility index (Phi) is 12.7. The van der Waals surface area contributed by atoms with Gasteiger partial charge in [-0.05, 0) is 39.5 Å². The van der Waals surface area contributed by atoms with Crippen molar-refractivity contribution in [2.24, 2.45) is 5.41 Å². The number of hydrogen-bond acceptors (Lipinski definition) is 14. The fourth-order valence-corrected chi connectivity index (χ4v) is 7.70. The molecule has 0 amide bonds. The number of halogens is 2. The van der Waals surface area contributed by atoms with Crippen molar-refractivity contribution in [1.82, 2.24) is 24.6 Å². The molecule has 248 valence electrons. The molecule has 3 heterocycles. The van der Waals surface area contributed by atoms with E-state index in [0.29, 0.717) is 17.9 Å². The van der Waals surface area contributed by atoms with Crippen molar-refractivity contribution < 1.29 is 38.0 Å². The first-order chi connectivity index (χ1) is 20.4. The van der Waals surface area contributed by atoms with Crippen molar-refractivity contribution in [2.45, 2.75) is 83.4 Å². The number of aromatic nitrogens is 4. The summed E-state index contributed by atoms with van der Waals surface area (Å²) in [4.78, 5) is 37.4. The van der Waals surface area contributed by atoms with Crippen LogP contribution in [0.2, 0.25) is 0 Å². The van der Waals surface area contributed by atoms with Gasteiger partial charge in [0.2, 0.25) is 11.8 Å². The number of anilines is 1. The predicted octanol–water partition coefficient (Wildman–Crippen LogP) is 3.73. The van der Waals surface area contributed by atoms with Crippen LogP contribution in [-0.4, -0.2) is 90.0 Å². The van der Waals surface area contributed by atoms with Gasteiger partial charge < -0.3 is 34.1 Å². The van der Waals surface area contributed by atoms with Gasteiger partial charge in [0.25, 0.3) is 6.64 Å². The highest BCUT2D eigenvalue weighted by molar-refractivity contribution is 8.13. The van der Waals surface area contributed by atoms with Gasteiger partial charge in [-0.15, -0.1) is 0 Å². The Bertz CT molecular complexity index is 1380. The number of ether oxygens (including phenoxy) is 3. The van der Waals surface area contributed by atoms with Crippen molar-refractivity contribution in [1.29, 1.82) is 0 Å². The van der Waals surface area contributed by atoms with E-state index in [1.807, 2.05) is 20.8 Å². The number of imidazole rings is 1. The van der Waals surface area contributed by atoms with Crippen molar-refractivity contribution in [3.63, 3.8) is 0 Å². The van der Waals surface area contributed by atoms with E-state index in [4.69, 9.17) is 64.0 Å². The Morgan fingerprint density at radius 2 is 1.98 bits per heavy atom. The zero-order valence-electron chi connectivity index (χ0n) is 25.5. The third-order valence-corrected chi connectivity index (χ3v) is 10.7. The Labute approximate surface area is 275 Å². The molecule has 0 spiro atoms. The first-order valence-corrected chi connectivity index (χ1v) is 18.2. The molecular weight excluding hydrogens is 678 g/mol. The number of fused-ring (bicyclic) bond motifs is 1. The number of esters is 1. The van der Waals surface area contributed by atoms with Crippen LogP contribution in [0.4, 0.5) is 5.95 Å². The molecule has 1 aliphatic rings. The lowest BCUT2D eigenvalue weighted by molar-refractivity contribution is -0.149. The van der Waals surface area contributed by atoms with Crippen molar-refractivity contribution >= 4 is 81.6 Å². The number of aliphatic hydroxyl groups excluding tert-OH is 1. The number of nitrogens with two attached hydrogens (primary N) is 1. The van der Waals surface area contributed by atoms with Crippen LogP contribution in [0.3, 0.4) is 0 Å². The van der Waals surface area contributed by atoms with Gasteiger partial charge in [0.05, 0.1) is 32.3 Å². The van der Waals surface area contributed by atoms with E-state index in [9.17, 15) is 14.7 Å². The lowest BCUT2D eigenvalue weighted by atomic mass is 10.00. The number of rotatable bonds is 14. The molecule has 19 heteroatoms. The molecular formula is C25H39Cl2N6O8PS2. The van der Waals surface area contributed by atoms with Crippen LogP contribution in [0.5, 0.6) is 5.88 Å². The molecule has 14 nitrogen and oxygen atoms in total. The second-order valence-electron chi connectivity index (χ2n) is 11.1. The molecule has 0 aromatic carbocycles. The number of nitrogens with zero attached hydrogens (tertiary/aromatic N) is 4. The molecule has 1 aliphatic heterocycles. The Hall–Kier alpha value is -1.33. The molecule has 2 unspecified atom stereocenters. The lowest BCUT2D eigenvalue weighted by Crippen LogP contribution is -2.39. The van der Waals surface area contributed by atoms with Crippen molar-refractivity contribution in [2.75, 3.05) is 31.3 Å². The Morgan fingerprint density at radius 1 is 1.30 bits per heavy atom. The summed E-state index contributed by atoms with van der Waals surface area (Å²) in [5.74, 6) is -0.175. The highest BCUT2D eigenvalue weighted by Gasteiger charge is 2.56. The summed E-state index contributed by atoms with van der Waals surface area (Å²) >= 11 is 20.1. The van der Waals surface area contributed by atoms with Gasteiger partial charge in [-0.2, -0.15) is 9.97 Å². The zero-order chi connectivity index (χ0) is 33.0. The van der Waals surface area contributed by atoms with Crippen LogP contribution >= 0.6 is 41.6 Å². The van der Waals surface area contributed by atoms with Gasteiger partial charge in [0.15, 0.2) is 26.8 Å². The highest BCUT2D eigenvalue weighted by Crippen LogP contribution is 2.50. The largest absolute Gasteiger partial charge is 0.476 e. The molecule has 5 atom stereocenters. The number of nitrogen functional groups attached to an aromatic ring is 1. The number of aliphatic hydroxyl groups is 1. The number of hydrogen-bond donors (Lipinski definition) is 3. The smallest absolute Gasteiger partial charge is 0.323 e. The molecule has 0 bridgehead atoms. The molecule has 44 heavy (non-hydrogen) atoms. The number of carbonyl (C=O) groups is 2. The molecule has 0 saturated carbocycles. The van der Waals surface area contributed by atoms with Gasteiger partial charge in [0.1, 0.15) is 18.2 Å². The van der Waals surface area contributed by atoms with E-state index in [0.717, 1.165) is 11.8 Å². The standard InChI is InChI=1S/C25H39Cl2N6O8PS2/c1-8-37-19-16-18(30-23(28)31-19)33(12-29-16)21-25(26,27)17(34)15(41-21)11-39-42(43,32-14(4)20(35)40-13(2)3)38-9-10-44-22(36)24(5,6)7/h12-15,17,21,34H,8-11H2,1-7H3,(H,32,43)(H2,28,30,31)/t14?,15-,17-,21-,42?/m1/s1. The number of nitrogens with one attached hydrogen (secondary N) is 1. The average Bonchev–Trinajstić information content (AvgIpc) is 3.42. The van der Waals surface area contributed by atoms with Crippen LogP contribution in [0.15, 0.2) is 6.33 Å². The number of carbonyl (C=O) groups excluding carboxylic acids is 2. The second-order valence-corrected chi connectivity index (χ2v) is 16.9. The molecule has 0 aliphatic carbocycles. The molecule has 3 rings (SSSR count). The van der Waals surface area contributed by atoms with Gasteiger partial charge in [0, 0.05) is 11.2 Å². The Morgan fingerprint density at radius 3 is 2.59 bits per heavy atom. The maximum absolute atomic E-state index is 12.5. The maximum atomic E-state index is 12.5. The molecule has 2 aromatic heterocycles. The normalized spacial score (nSPS) is 22.2. The maximum Gasteiger partial charge on any atom is 0.323 e. The number of alkyl halides is 2. The first-order valence-electron chi connectivity index (χ1n) is 13.8. The van der Waals surface area contributed by atoms with E-state index >= 15 is 0 Å². The minimum Gasteiger partial charge on any atom is -0.476 e. The van der Waals surface area contributed by atoms with Crippen molar-refractivity contribution in [3.8, 4) is 5.88 Å². The molecule has 1 saturated heterocycles. The van der Waals surface area contributed by atoms with E-state index in [1.165, 1.54) is 10.9 Å². The van der Waals surface area contributed by atoms with Crippen LogP contribution in [-0.2, 0) is 39.9 Å². The summed E-state index contributed by atoms with van der Waals surface area (Å²) < 4.78 is 28.3. The summed E-state index contributed by atoms with van der Waals surface area (Å²) in [5, 5.41) is 14.0. The van der Waals surface area contributed by atoms with Crippen LogP contribution in [0, 0.1) is 5.41 Å². The fourth-order valence-electron chi connectivity index (χ4n) is 3.84. The van der Waals surface area contributed by atoms with E-state index < -0.39 is 46.8 Å². The third kappa shape index (κ3) is 9.14. The molecule has 2 aromatic rings. The highest BCUT2D eigenvalue weighted by atomic mass is 35.5. The predicted molar refractivity (Wildman–Crippen MR) is 172 cm³/mol. The van der Waals surface area contributed by atoms with Crippen LogP contribution in [0.25, 0.3) is 11.2 Å². The average molecular weight is 718 g/mol. The van der Waals surface area contributed by atoms with E-state index in [2.05, 4.69) is 20.0 Å². The summed E-state index contributed by atoms with van der Waals surface area (Å²) in [6, 6.07) is -0.892. The van der Waals surface area contributed by atoms with Crippen LogP contribution < -0.4 is 15.6 Å². The molecule has 4 N–H and O–H groups in total. The topological polar surface area (TPSA) is 182 Å². The summed E-state index contributed by atoms with van der Waals surface area (Å²) in [6.45, 7) is 8.85. The quantitative estimate of drug-likeness (QED) is 0.111. The van der Waals surface area contributed by atoms with Crippen LogP contribution in [0.1, 0.15) is 54.7 Å². The SMILES string of the molecule is CCOc1nc(N)nc2c1ncn2[C@@H]1O[C@H](COP(=S)(NC(C)C(=O)OC(C)C)OCCSC(=O)C(C)(C)C)[C@@H](O)C1(Cl)Cl. The van der Waals surface area contributed by atoms with Gasteiger partial charge in [-0.25, -0.2) is 10.1 Å². The monoisotopic (exact) mass is 716 g/mol. The fraction of sp³-hybridized carbons (Fsp3) is 0.720. The zero-order valence-corrected chi connectivity index (χ0v) is 29.5. The summed E-state index contributed by atoms with van der Waals surface area (Å²) in [7, 11) is 0. The number of thioether (sulfide) groups is 1. The van der Waals surface area contributed by atoms with Gasteiger partial charge >= 0.3 is 5.97 Å². The minimum absolute atomic E-state index is 0.0151. The molecule has 1 fully saturated rings. The first kappa shape index (κ1) is 37.1. The van der Waals surface area contributed by atoms with Gasteiger partial charge in [-0.1, -0.05) is 55.7 Å². The summed E-state index contributed by atoms with van der Waals surface area (Å²) in [6.07, 6.45) is -2.73.